The van der Waals surface area contributed by atoms with Crippen molar-refractivity contribution in [3.8, 4) is 11.4 Å². The minimum Gasteiger partial charge on any atom is -0.497 e. The van der Waals surface area contributed by atoms with Crippen LogP contribution in [0, 0.1) is 12.3 Å². The van der Waals surface area contributed by atoms with E-state index >= 15 is 0 Å². The molecule has 1 aliphatic rings. The van der Waals surface area contributed by atoms with E-state index in [-0.39, 0.29) is 23.3 Å². The second-order valence-electron chi connectivity index (χ2n) is 9.38. The predicted octanol–water partition coefficient (Wildman–Crippen LogP) is 4.24. The van der Waals surface area contributed by atoms with E-state index in [0.717, 1.165) is 11.1 Å². The Morgan fingerprint density at radius 1 is 1.09 bits per heavy atom. The molecule has 4 rings (SSSR count). The molecule has 1 aromatic heterocycles. The topological polar surface area (TPSA) is 77.4 Å². The van der Waals surface area contributed by atoms with Gasteiger partial charge in [-0.1, -0.05) is 43.7 Å². The van der Waals surface area contributed by atoms with E-state index in [0.29, 0.717) is 35.4 Å². The van der Waals surface area contributed by atoms with Crippen molar-refractivity contribution in [2.45, 2.75) is 40.2 Å². The summed E-state index contributed by atoms with van der Waals surface area (Å²) in [5.74, 6) is 0.155. The van der Waals surface area contributed by atoms with Crippen molar-refractivity contribution >= 4 is 11.7 Å². The van der Waals surface area contributed by atoms with Gasteiger partial charge in [-0.05, 0) is 54.2 Å². The Balaban J connectivity index is 1.79. The lowest BCUT2D eigenvalue weighted by Gasteiger charge is -2.31. The molecular weight excluding hydrogens is 416 g/mol. The monoisotopic (exact) mass is 444 g/mol. The first-order valence-corrected chi connectivity index (χ1v) is 11.0. The molecule has 3 aromatic rings. The number of nitrogens with one attached hydrogen (secondary N) is 1. The minimum absolute atomic E-state index is 0.0390. The largest absolute Gasteiger partial charge is 0.497 e. The van der Waals surface area contributed by atoms with Crippen LogP contribution in [0.4, 0.5) is 0 Å². The number of ketones is 1. The Hall–Kier alpha value is -3.67. The van der Waals surface area contributed by atoms with Crippen LogP contribution >= 0.6 is 0 Å². The number of pyridine rings is 1. The highest BCUT2D eigenvalue weighted by atomic mass is 16.5. The molecular formula is C27H28N2O4. The van der Waals surface area contributed by atoms with E-state index in [1.807, 2.05) is 69.3 Å². The zero-order valence-electron chi connectivity index (χ0n) is 19.4. The molecule has 170 valence electrons. The molecule has 0 fully saturated rings. The third-order valence-electron chi connectivity index (χ3n) is 6.04. The lowest BCUT2D eigenvalue weighted by atomic mass is 9.73. The molecule has 0 atom stereocenters. The fourth-order valence-corrected chi connectivity index (χ4v) is 4.33. The summed E-state index contributed by atoms with van der Waals surface area (Å²) >= 11 is 0. The zero-order chi connectivity index (χ0) is 23.8. The summed E-state index contributed by atoms with van der Waals surface area (Å²) in [5.41, 5.74) is 2.79. The molecule has 1 heterocycles. The molecule has 0 saturated carbocycles. The van der Waals surface area contributed by atoms with Crippen molar-refractivity contribution in [2.24, 2.45) is 5.41 Å². The second-order valence-corrected chi connectivity index (χ2v) is 9.38. The van der Waals surface area contributed by atoms with Gasteiger partial charge in [-0.15, -0.1) is 0 Å². The number of hydrogen-bond acceptors (Lipinski definition) is 4. The van der Waals surface area contributed by atoms with Crippen molar-refractivity contribution in [2.75, 3.05) is 7.11 Å². The number of methoxy groups -OCH3 is 1. The van der Waals surface area contributed by atoms with Gasteiger partial charge in [0.1, 0.15) is 11.3 Å². The summed E-state index contributed by atoms with van der Waals surface area (Å²) < 4.78 is 6.66. The highest BCUT2D eigenvalue weighted by Gasteiger charge is 2.35. The third kappa shape index (κ3) is 4.60. The highest BCUT2D eigenvalue weighted by molar-refractivity contribution is 6.04. The summed E-state index contributed by atoms with van der Waals surface area (Å²) in [6.45, 7) is 6.16. The Morgan fingerprint density at radius 2 is 1.82 bits per heavy atom. The number of amides is 1. The van der Waals surface area contributed by atoms with E-state index in [2.05, 4.69) is 5.32 Å². The summed E-state index contributed by atoms with van der Waals surface area (Å²) in [6.07, 6.45) is 2.45. The molecule has 0 bridgehead atoms. The van der Waals surface area contributed by atoms with Crippen LogP contribution in [0.15, 0.2) is 59.5 Å². The van der Waals surface area contributed by atoms with Crippen LogP contribution in [-0.4, -0.2) is 23.4 Å². The highest BCUT2D eigenvalue weighted by Crippen LogP contribution is 2.35. The molecule has 6 heteroatoms. The Kier molecular flexibility index (Phi) is 5.93. The number of rotatable bonds is 5. The SMILES string of the molecule is COc1cccc(CNC(=O)c2c3c(cn(-c4ccc(C)cc4)c2=O)C(=O)CC(C)(C)C3)c1. The van der Waals surface area contributed by atoms with Crippen molar-refractivity contribution in [1.82, 2.24) is 9.88 Å². The number of benzene rings is 2. The predicted molar refractivity (Wildman–Crippen MR) is 127 cm³/mol. The molecule has 0 unspecified atom stereocenters. The van der Waals surface area contributed by atoms with Crippen molar-refractivity contribution in [3.63, 3.8) is 0 Å². The van der Waals surface area contributed by atoms with Gasteiger partial charge in [0.05, 0.1) is 7.11 Å². The number of carbonyl (C=O) groups is 2. The summed E-state index contributed by atoms with van der Waals surface area (Å²) in [5, 5.41) is 2.87. The van der Waals surface area contributed by atoms with E-state index in [1.54, 1.807) is 13.3 Å². The van der Waals surface area contributed by atoms with E-state index in [1.165, 1.54) is 4.57 Å². The summed E-state index contributed by atoms with van der Waals surface area (Å²) in [7, 11) is 1.58. The Bertz CT molecular complexity index is 1290. The molecule has 2 aromatic carbocycles. The number of aromatic nitrogens is 1. The lowest BCUT2D eigenvalue weighted by molar-refractivity contribution is 0.0908. The quantitative estimate of drug-likeness (QED) is 0.639. The number of hydrogen-bond donors (Lipinski definition) is 1. The van der Waals surface area contributed by atoms with Crippen molar-refractivity contribution in [1.29, 1.82) is 0 Å². The first-order chi connectivity index (χ1) is 15.7. The summed E-state index contributed by atoms with van der Waals surface area (Å²) in [4.78, 5) is 39.9. The van der Waals surface area contributed by atoms with E-state index < -0.39 is 11.5 Å². The maximum atomic E-state index is 13.6. The minimum atomic E-state index is -0.481. The number of aryl methyl sites for hydroxylation is 1. The van der Waals surface area contributed by atoms with Crippen molar-refractivity contribution < 1.29 is 14.3 Å². The molecule has 0 spiro atoms. The van der Waals surface area contributed by atoms with Gasteiger partial charge in [0.15, 0.2) is 5.78 Å². The van der Waals surface area contributed by atoms with Crippen LogP contribution in [0.1, 0.15) is 57.7 Å². The lowest BCUT2D eigenvalue weighted by Crippen LogP contribution is -2.38. The fraction of sp³-hybridized carbons (Fsp3) is 0.296. The zero-order valence-corrected chi connectivity index (χ0v) is 19.4. The van der Waals surface area contributed by atoms with Crippen LogP contribution in [0.2, 0.25) is 0 Å². The van der Waals surface area contributed by atoms with Gasteiger partial charge in [0.25, 0.3) is 11.5 Å². The van der Waals surface area contributed by atoms with Crippen LogP contribution in [-0.2, 0) is 13.0 Å². The van der Waals surface area contributed by atoms with Crippen LogP contribution in [0.25, 0.3) is 5.69 Å². The molecule has 1 aliphatic carbocycles. The van der Waals surface area contributed by atoms with Crippen molar-refractivity contribution in [3.05, 3.63) is 92.9 Å². The Morgan fingerprint density at radius 3 is 2.52 bits per heavy atom. The maximum absolute atomic E-state index is 13.6. The summed E-state index contributed by atoms with van der Waals surface area (Å²) in [6, 6.07) is 14.8. The molecule has 0 radical (unpaired) electrons. The Labute approximate surface area is 193 Å². The number of Topliss-reactive ketones (excluding diaryl/α,β-unsaturated/α-hetero) is 1. The van der Waals surface area contributed by atoms with Gasteiger partial charge in [0, 0.05) is 30.4 Å². The van der Waals surface area contributed by atoms with Gasteiger partial charge in [-0.3, -0.25) is 19.0 Å². The van der Waals surface area contributed by atoms with E-state index in [9.17, 15) is 14.4 Å². The fourth-order valence-electron chi connectivity index (χ4n) is 4.33. The number of nitrogens with zero attached hydrogens (tertiary/aromatic N) is 1. The smallest absolute Gasteiger partial charge is 0.268 e. The standard InChI is InChI=1S/C27H28N2O4/c1-17-8-10-19(11-9-17)29-16-22-21(13-27(2,3)14-23(22)30)24(26(29)32)25(31)28-15-18-6-5-7-20(12-18)33-4/h5-12,16H,13-15H2,1-4H3,(H,28,31). The van der Waals surface area contributed by atoms with Crippen LogP contribution in [0.3, 0.4) is 0 Å². The average Bonchev–Trinajstić information content (AvgIpc) is 2.77. The normalized spacial score (nSPS) is 14.5. The van der Waals surface area contributed by atoms with Gasteiger partial charge < -0.3 is 10.1 Å². The van der Waals surface area contributed by atoms with Gasteiger partial charge >= 0.3 is 0 Å². The van der Waals surface area contributed by atoms with Crippen LogP contribution < -0.4 is 15.6 Å². The first kappa shape index (κ1) is 22.5. The number of carbonyl (C=O) groups excluding carboxylic acids is 2. The number of fused-ring (bicyclic) bond motifs is 1. The maximum Gasteiger partial charge on any atom is 0.268 e. The molecule has 1 amide bonds. The average molecular weight is 445 g/mol. The molecule has 0 aliphatic heterocycles. The van der Waals surface area contributed by atoms with Gasteiger partial charge in [-0.2, -0.15) is 0 Å². The van der Waals surface area contributed by atoms with Gasteiger partial charge in [0.2, 0.25) is 0 Å². The molecule has 33 heavy (non-hydrogen) atoms. The molecule has 0 saturated heterocycles. The number of ether oxygens (including phenoxy) is 1. The van der Waals surface area contributed by atoms with Crippen LogP contribution in [0.5, 0.6) is 5.75 Å². The van der Waals surface area contributed by atoms with Gasteiger partial charge in [-0.25, -0.2) is 0 Å². The first-order valence-electron chi connectivity index (χ1n) is 11.0. The molecule has 1 N–H and O–H groups in total. The third-order valence-corrected chi connectivity index (χ3v) is 6.04. The second kappa shape index (κ2) is 8.70. The van der Waals surface area contributed by atoms with E-state index in [4.69, 9.17) is 4.74 Å². The molecule has 6 nitrogen and oxygen atoms in total.